The molecule has 1 saturated carbocycles. The van der Waals surface area contributed by atoms with E-state index in [1.165, 1.54) is 32.1 Å². The number of halogens is 1. The number of nitrogens with one attached hydrogen (secondary N) is 1. The molecule has 6 nitrogen and oxygen atoms in total. The van der Waals surface area contributed by atoms with Gasteiger partial charge in [-0.2, -0.15) is 0 Å². The van der Waals surface area contributed by atoms with E-state index < -0.39 is 0 Å². The third-order valence-electron chi connectivity index (χ3n) is 3.38. The summed E-state index contributed by atoms with van der Waals surface area (Å²) in [7, 11) is 0. The first-order valence-electron chi connectivity index (χ1n) is 6.72. The molecule has 1 fully saturated rings. The highest BCUT2D eigenvalue weighted by Gasteiger charge is 2.13. The number of nitrogens with zero attached hydrogens (tertiary/aromatic N) is 4. The van der Waals surface area contributed by atoms with Gasteiger partial charge in [0, 0.05) is 12.6 Å². The van der Waals surface area contributed by atoms with Gasteiger partial charge in [0.05, 0.1) is 0 Å². The van der Waals surface area contributed by atoms with Gasteiger partial charge in [0.25, 0.3) is 0 Å². The van der Waals surface area contributed by atoms with Crippen molar-refractivity contribution in [3.05, 3.63) is 12.2 Å². The van der Waals surface area contributed by atoms with E-state index in [1.807, 2.05) is 4.57 Å². The number of hydrogen-bond acceptors (Lipinski definition) is 3. The monoisotopic (exact) mass is 378 g/mol. The summed E-state index contributed by atoms with van der Waals surface area (Å²) in [6.07, 6.45) is 8.03. The first-order chi connectivity index (χ1) is 8.79. The SMILES string of the molecule is CCn1cnnc1CN=C(N)NC1CCCCC1.I. The lowest BCUT2D eigenvalue weighted by Gasteiger charge is -2.23. The van der Waals surface area contributed by atoms with Gasteiger partial charge in [0.15, 0.2) is 11.8 Å². The average Bonchev–Trinajstić information content (AvgIpc) is 2.85. The van der Waals surface area contributed by atoms with Crippen molar-refractivity contribution in [2.24, 2.45) is 10.7 Å². The molecule has 0 bridgehead atoms. The molecule has 0 aliphatic heterocycles. The highest BCUT2D eigenvalue weighted by Crippen LogP contribution is 2.17. The van der Waals surface area contributed by atoms with Crippen LogP contribution >= 0.6 is 24.0 Å². The van der Waals surface area contributed by atoms with E-state index in [9.17, 15) is 0 Å². The summed E-state index contributed by atoms with van der Waals surface area (Å²) in [4.78, 5) is 4.33. The van der Waals surface area contributed by atoms with Crippen molar-refractivity contribution in [3.8, 4) is 0 Å². The zero-order chi connectivity index (χ0) is 12.8. The van der Waals surface area contributed by atoms with Crippen molar-refractivity contribution < 1.29 is 0 Å². The maximum absolute atomic E-state index is 5.89. The molecule has 2 rings (SSSR count). The molecule has 0 atom stereocenters. The molecule has 1 heterocycles. The second-order valence-corrected chi connectivity index (χ2v) is 4.71. The first-order valence-corrected chi connectivity index (χ1v) is 6.72. The van der Waals surface area contributed by atoms with Crippen molar-refractivity contribution in [3.63, 3.8) is 0 Å². The van der Waals surface area contributed by atoms with Crippen LogP contribution in [0.1, 0.15) is 44.9 Å². The Morgan fingerprint density at radius 3 is 2.89 bits per heavy atom. The van der Waals surface area contributed by atoms with Crippen molar-refractivity contribution in [2.45, 2.75) is 58.2 Å². The number of nitrogens with two attached hydrogens (primary N) is 1. The minimum Gasteiger partial charge on any atom is -0.370 e. The van der Waals surface area contributed by atoms with Gasteiger partial charge in [-0.15, -0.1) is 34.2 Å². The van der Waals surface area contributed by atoms with Crippen molar-refractivity contribution in [1.29, 1.82) is 0 Å². The van der Waals surface area contributed by atoms with Crippen molar-refractivity contribution >= 4 is 29.9 Å². The topological polar surface area (TPSA) is 81.1 Å². The number of rotatable bonds is 4. The molecule has 1 aliphatic rings. The van der Waals surface area contributed by atoms with E-state index >= 15 is 0 Å². The van der Waals surface area contributed by atoms with Gasteiger partial charge in [-0.25, -0.2) is 4.99 Å². The number of aromatic nitrogens is 3. The Labute approximate surface area is 131 Å². The number of aliphatic imine (C=N–C) groups is 1. The van der Waals surface area contributed by atoms with E-state index in [0.717, 1.165) is 12.4 Å². The molecular weight excluding hydrogens is 355 g/mol. The third-order valence-corrected chi connectivity index (χ3v) is 3.38. The molecule has 1 aromatic rings. The van der Waals surface area contributed by atoms with E-state index in [-0.39, 0.29) is 24.0 Å². The highest BCUT2D eigenvalue weighted by atomic mass is 127. The molecule has 3 N–H and O–H groups in total. The second-order valence-electron chi connectivity index (χ2n) is 4.71. The van der Waals surface area contributed by atoms with Crippen LogP contribution in [-0.2, 0) is 13.1 Å². The summed E-state index contributed by atoms with van der Waals surface area (Å²) >= 11 is 0. The molecule has 1 aromatic heterocycles. The third kappa shape index (κ3) is 4.96. The van der Waals surface area contributed by atoms with Gasteiger partial charge >= 0.3 is 0 Å². The fourth-order valence-corrected chi connectivity index (χ4v) is 2.32. The molecule has 19 heavy (non-hydrogen) atoms. The number of hydrogen-bond donors (Lipinski definition) is 2. The lowest BCUT2D eigenvalue weighted by atomic mass is 9.96. The average molecular weight is 378 g/mol. The smallest absolute Gasteiger partial charge is 0.189 e. The van der Waals surface area contributed by atoms with E-state index in [2.05, 4.69) is 27.4 Å². The van der Waals surface area contributed by atoms with E-state index in [4.69, 9.17) is 5.73 Å². The Bertz CT molecular complexity index is 397. The lowest BCUT2D eigenvalue weighted by Crippen LogP contribution is -2.41. The molecule has 0 aromatic carbocycles. The molecule has 1 aliphatic carbocycles. The van der Waals surface area contributed by atoms with E-state index in [1.54, 1.807) is 6.33 Å². The summed E-state index contributed by atoms with van der Waals surface area (Å²) in [6, 6.07) is 0.492. The highest BCUT2D eigenvalue weighted by molar-refractivity contribution is 14.0. The quantitative estimate of drug-likeness (QED) is 0.474. The van der Waals surface area contributed by atoms with Crippen LogP contribution in [0.25, 0.3) is 0 Å². The van der Waals surface area contributed by atoms with Crippen LogP contribution in [0.3, 0.4) is 0 Å². The molecule has 0 saturated heterocycles. The molecule has 0 unspecified atom stereocenters. The Hall–Kier alpha value is -0.860. The molecule has 0 spiro atoms. The molecular formula is C12H23IN6. The normalized spacial score (nSPS) is 17.0. The molecule has 7 heteroatoms. The standard InChI is InChI=1S/C12H22N6.HI/c1-2-18-9-15-17-11(18)8-14-12(13)16-10-6-4-3-5-7-10;/h9-10H,2-8H2,1H3,(H3,13,14,16);1H. The van der Waals surface area contributed by atoms with Crippen LogP contribution in [0.5, 0.6) is 0 Å². The van der Waals surface area contributed by atoms with Gasteiger partial charge in [-0.3, -0.25) is 0 Å². The van der Waals surface area contributed by atoms with Gasteiger partial charge in [0.1, 0.15) is 12.9 Å². The number of guanidine groups is 1. The minimum atomic E-state index is 0. The Balaban J connectivity index is 0.00000180. The molecule has 0 radical (unpaired) electrons. The van der Waals surface area contributed by atoms with Crippen LogP contribution in [0, 0.1) is 0 Å². The molecule has 108 valence electrons. The van der Waals surface area contributed by atoms with Gasteiger partial charge < -0.3 is 15.6 Å². The zero-order valence-corrected chi connectivity index (χ0v) is 13.7. The number of aryl methyl sites for hydroxylation is 1. The van der Waals surface area contributed by atoms with Gasteiger partial charge in [-0.05, 0) is 19.8 Å². The fourth-order valence-electron chi connectivity index (χ4n) is 2.32. The van der Waals surface area contributed by atoms with E-state index in [0.29, 0.717) is 18.5 Å². The zero-order valence-electron chi connectivity index (χ0n) is 11.4. The summed E-state index contributed by atoms with van der Waals surface area (Å²) < 4.78 is 1.97. The second kappa shape index (κ2) is 8.34. The predicted molar refractivity (Wildman–Crippen MR) is 86.4 cm³/mol. The summed E-state index contributed by atoms with van der Waals surface area (Å²) in [5.74, 6) is 1.37. The maximum atomic E-state index is 5.89. The summed E-state index contributed by atoms with van der Waals surface area (Å²) in [5, 5.41) is 11.2. The minimum absolute atomic E-state index is 0. The summed E-state index contributed by atoms with van der Waals surface area (Å²) in [5.41, 5.74) is 5.89. The van der Waals surface area contributed by atoms with Crippen LogP contribution in [0.2, 0.25) is 0 Å². The maximum Gasteiger partial charge on any atom is 0.189 e. The summed E-state index contributed by atoms with van der Waals surface area (Å²) in [6.45, 7) is 3.40. The Kier molecular flexibility index (Phi) is 7.11. The van der Waals surface area contributed by atoms with Crippen molar-refractivity contribution in [2.75, 3.05) is 0 Å². The van der Waals surface area contributed by atoms with Crippen LogP contribution in [0.4, 0.5) is 0 Å². The predicted octanol–water partition coefficient (Wildman–Crippen LogP) is 1.65. The Morgan fingerprint density at radius 1 is 1.47 bits per heavy atom. The van der Waals surface area contributed by atoms with Gasteiger partial charge in [0.2, 0.25) is 0 Å². The van der Waals surface area contributed by atoms with Crippen LogP contribution < -0.4 is 11.1 Å². The largest absolute Gasteiger partial charge is 0.370 e. The van der Waals surface area contributed by atoms with Crippen LogP contribution in [-0.4, -0.2) is 26.8 Å². The Morgan fingerprint density at radius 2 is 2.21 bits per heavy atom. The molecule has 0 amide bonds. The lowest BCUT2D eigenvalue weighted by molar-refractivity contribution is 0.412. The van der Waals surface area contributed by atoms with Gasteiger partial charge in [-0.1, -0.05) is 19.3 Å². The fraction of sp³-hybridized carbons (Fsp3) is 0.750. The first kappa shape index (κ1) is 16.2. The van der Waals surface area contributed by atoms with Crippen LogP contribution in [0.15, 0.2) is 11.3 Å². The van der Waals surface area contributed by atoms with Crippen molar-refractivity contribution in [1.82, 2.24) is 20.1 Å².